The number of nitrogens with zero attached hydrogens (tertiary/aromatic N) is 4. The molecule has 6 rings (SSSR count). The van der Waals surface area contributed by atoms with Crippen LogP contribution in [0.2, 0.25) is 10.0 Å². The SMILES string of the molecule is O=C(c1ccc(F)cc1Cl)N1C[C@H]2CC[C@@H](C1)N2c1cc(S(=O)(=O)N2CCN(CCc3ccc(Cl)cc3)CC2)ccc1O. The number of carbonyl (C=O) groups excluding carboxylic acids is 1. The Morgan fingerprint density at radius 1 is 0.907 bits per heavy atom. The molecule has 0 aromatic heterocycles. The summed E-state index contributed by atoms with van der Waals surface area (Å²) in [5.41, 5.74) is 1.90. The van der Waals surface area contributed by atoms with Gasteiger partial charge in [-0.3, -0.25) is 4.79 Å². The number of phenols is 1. The van der Waals surface area contributed by atoms with Crippen LogP contribution in [0.1, 0.15) is 28.8 Å². The minimum atomic E-state index is -3.77. The summed E-state index contributed by atoms with van der Waals surface area (Å²) in [5.74, 6) is -0.772. The summed E-state index contributed by atoms with van der Waals surface area (Å²) >= 11 is 12.1. The van der Waals surface area contributed by atoms with Crippen LogP contribution < -0.4 is 4.90 Å². The Morgan fingerprint density at radius 3 is 2.23 bits per heavy atom. The first-order chi connectivity index (χ1) is 20.6. The number of amides is 1. The number of piperazine rings is 2. The second kappa shape index (κ2) is 12.2. The van der Waals surface area contributed by atoms with Gasteiger partial charge >= 0.3 is 0 Å². The van der Waals surface area contributed by atoms with E-state index in [1.807, 2.05) is 24.3 Å². The van der Waals surface area contributed by atoms with E-state index in [4.69, 9.17) is 23.2 Å². The van der Waals surface area contributed by atoms with Gasteiger partial charge in [0.05, 0.1) is 21.2 Å². The number of anilines is 1. The van der Waals surface area contributed by atoms with Crippen LogP contribution in [0.3, 0.4) is 0 Å². The summed E-state index contributed by atoms with van der Waals surface area (Å²) in [7, 11) is -3.77. The molecule has 1 amide bonds. The normalized spacial score (nSPS) is 21.4. The Bertz CT molecular complexity index is 1600. The van der Waals surface area contributed by atoms with Gasteiger partial charge in [-0.2, -0.15) is 4.31 Å². The summed E-state index contributed by atoms with van der Waals surface area (Å²) in [6.45, 7) is 3.65. The monoisotopic (exact) mass is 646 g/mol. The lowest BCUT2D eigenvalue weighted by molar-refractivity contribution is 0.0718. The van der Waals surface area contributed by atoms with Crippen molar-refractivity contribution in [3.05, 3.63) is 87.7 Å². The number of halogens is 3. The number of hydrogen-bond donors (Lipinski definition) is 1. The summed E-state index contributed by atoms with van der Waals surface area (Å²) in [6.07, 6.45) is 2.45. The standard InChI is InChI=1S/C31H33Cl2FN4O4S/c32-22-3-1-21(2-4-22)11-12-35-13-15-37(16-14-35)43(41,42)26-8-10-30(39)29(18-26)38-24-6-7-25(38)20-36(19-24)31(40)27-9-5-23(34)17-28(27)33/h1-5,8-10,17-18,24-25,39H,6-7,11-16,19-20H2/t24-,25+. The molecule has 43 heavy (non-hydrogen) atoms. The Hall–Kier alpha value is -2.89. The van der Waals surface area contributed by atoms with E-state index in [1.165, 1.54) is 34.1 Å². The zero-order chi connectivity index (χ0) is 30.3. The van der Waals surface area contributed by atoms with Gasteiger partial charge in [-0.15, -0.1) is 0 Å². The zero-order valence-electron chi connectivity index (χ0n) is 23.5. The van der Waals surface area contributed by atoms with Gasteiger partial charge in [-0.1, -0.05) is 35.3 Å². The highest BCUT2D eigenvalue weighted by Crippen LogP contribution is 2.41. The Labute approximate surface area is 261 Å². The second-order valence-electron chi connectivity index (χ2n) is 11.4. The van der Waals surface area contributed by atoms with Crippen LogP contribution in [0.15, 0.2) is 65.6 Å². The van der Waals surface area contributed by atoms with Crippen molar-refractivity contribution in [2.24, 2.45) is 0 Å². The smallest absolute Gasteiger partial charge is 0.255 e. The van der Waals surface area contributed by atoms with E-state index < -0.39 is 15.8 Å². The van der Waals surface area contributed by atoms with Crippen molar-refractivity contribution in [3.63, 3.8) is 0 Å². The Balaban J connectivity index is 1.12. The maximum Gasteiger partial charge on any atom is 0.255 e. The van der Waals surface area contributed by atoms with Crippen molar-refractivity contribution >= 4 is 44.8 Å². The Kier molecular flexibility index (Phi) is 8.59. The quantitative estimate of drug-likeness (QED) is 0.394. The maximum atomic E-state index is 13.7. The number of rotatable bonds is 7. The van der Waals surface area contributed by atoms with E-state index >= 15 is 0 Å². The molecule has 0 unspecified atom stereocenters. The van der Waals surface area contributed by atoms with E-state index in [0.29, 0.717) is 50.0 Å². The van der Waals surface area contributed by atoms with E-state index in [0.717, 1.165) is 31.9 Å². The minimum Gasteiger partial charge on any atom is -0.506 e. The fourth-order valence-electron chi connectivity index (χ4n) is 6.45. The molecule has 2 bridgehead atoms. The largest absolute Gasteiger partial charge is 0.506 e. The number of benzene rings is 3. The lowest BCUT2D eigenvalue weighted by atomic mass is 10.1. The summed E-state index contributed by atoms with van der Waals surface area (Å²) in [6, 6.07) is 15.8. The number of aromatic hydroxyl groups is 1. The van der Waals surface area contributed by atoms with E-state index in [-0.39, 0.29) is 39.2 Å². The summed E-state index contributed by atoms with van der Waals surface area (Å²) < 4.78 is 42.4. The molecule has 3 fully saturated rings. The number of likely N-dealkylation sites (tertiary alicyclic amines) is 1. The molecule has 3 aliphatic rings. The molecule has 0 radical (unpaired) electrons. The third-order valence-corrected chi connectivity index (χ3v) is 11.2. The van der Waals surface area contributed by atoms with Gasteiger partial charge in [0.25, 0.3) is 5.91 Å². The lowest BCUT2D eigenvalue weighted by Crippen LogP contribution is -2.55. The van der Waals surface area contributed by atoms with Gasteiger partial charge in [-0.05, 0) is 73.4 Å². The highest BCUT2D eigenvalue weighted by Gasteiger charge is 2.43. The molecule has 2 atom stereocenters. The lowest BCUT2D eigenvalue weighted by Gasteiger charge is -2.43. The Morgan fingerprint density at radius 2 is 1.58 bits per heavy atom. The average Bonchev–Trinajstić information content (AvgIpc) is 3.24. The first-order valence-electron chi connectivity index (χ1n) is 14.4. The predicted octanol–water partition coefficient (Wildman–Crippen LogP) is 4.88. The first kappa shape index (κ1) is 30.1. The van der Waals surface area contributed by atoms with Crippen molar-refractivity contribution in [2.75, 3.05) is 50.7 Å². The minimum absolute atomic E-state index is 0.00391. The van der Waals surface area contributed by atoms with Crippen LogP contribution in [-0.4, -0.2) is 91.4 Å². The number of phenolic OH excluding ortho intramolecular Hbond substituents is 1. The van der Waals surface area contributed by atoms with Crippen LogP contribution in [0.25, 0.3) is 0 Å². The molecule has 3 aromatic rings. The topological polar surface area (TPSA) is 84.4 Å². The van der Waals surface area contributed by atoms with Crippen LogP contribution in [0.4, 0.5) is 10.1 Å². The third-order valence-electron chi connectivity index (χ3n) is 8.75. The van der Waals surface area contributed by atoms with Crippen molar-refractivity contribution in [3.8, 4) is 5.75 Å². The molecule has 0 spiro atoms. The third kappa shape index (κ3) is 6.21. The molecule has 3 aliphatic heterocycles. The molecule has 3 aromatic carbocycles. The van der Waals surface area contributed by atoms with Crippen molar-refractivity contribution in [1.82, 2.24) is 14.1 Å². The van der Waals surface area contributed by atoms with Gasteiger partial charge in [-0.25, -0.2) is 12.8 Å². The average molecular weight is 648 g/mol. The maximum absolute atomic E-state index is 13.7. The molecule has 8 nitrogen and oxygen atoms in total. The van der Waals surface area contributed by atoms with Gasteiger partial charge in [0, 0.05) is 62.9 Å². The summed E-state index contributed by atoms with van der Waals surface area (Å²) in [4.78, 5) is 19.4. The van der Waals surface area contributed by atoms with Crippen LogP contribution in [0, 0.1) is 5.82 Å². The molecule has 0 saturated carbocycles. The molecular formula is C31H33Cl2FN4O4S. The predicted molar refractivity (Wildman–Crippen MR) is 165 cm³/mol. The van der Waals surface area contributed by atoms with Crippen molar-refractivity contribution in [1.29, 1.82) is 0 Å². The van der Waals surface area contributed by atoms with E-state index in [9.17, 15) is 22.7 Å². The molecule has 0 aliphatic carbocycles. The fraction of sp³-hybridized carbons (Fsp3) is 0.387. The first-order valence-corrected chi connectivity index (χ1v) is 16.6. The van der Waals surface area contributed by atoms with E-state index in [2.05, 4.69) is 9.80 Å². The second-order valence-corrected chi connectivity index (χ2v) is 14.2. The highest BCUT2D eigenvalue weighted by molar-refractivity contribution is 7.89. The van der Waals surface area contributed by atoms with Gasteiger partial charge < -0.3 is 19.8 Å². The molecule has 3 saturated heterocycles. The number of hydrogen-bond acceptors (Lipinski definition) is 6. The number of fused-ring (bicyclic) bond motifs is 2. The summed E-state index contributed by atoms with van der Waals surface area (Å²) in [5, 5.41) is 11.6. The van der Waals surface area contributed by atoms with Gasteiger partial charge in [0.15, 0.2) is 0 Å². The molecule has 3 heterocycles. The van der Waals surface area contributed by atoms with Crippen LogP contribution in [0.5, 0.6) is 5.75 Å². The van der Waals surface area contributed by atoms with Crippen LogP contribution in [-0.2, 0) is 16.4 Å². The molecule has 228 valence electrons. The molecule has 1 N–H and O–H groups in total. The molecular weight excluding hydrogens is 614 g/mol. The number of sulfonamides is 1. The van der Waals surface area contributed by atoms with Crippen LogP contribution >= 0.6 is 23.2 Å². The van der Waals surface area contributed by atoms with Gasteiger partial charge in [0.2, 0.25) is 10.0 Å². The van der Waals surface area contributed by atoms with E-state index in [1.54, 1.807) is 11.0 Å². The number of carbonyl (C=O) groups is 1. The van der Waals surface area contributed by atoms with Crippen molar-refractivity contribution < 1.29 is 22.7 Å². The fourth-order valence-corrected chi connectivity index (χ4v) is 8.26. The van der Waals surface area contributed by atoms with Gasteiger partial charge in [0.1, 0.15) is 11.6 Å². The molecule has 12 heteroatoms. The highest BCUT2D eigenvalue weighted by atomic mass is 35.5. The zero-order valence-corrected chi connectivity index (χ0v) is 25.8. The van der Waals surface area contributed by atoms with Crippen molar-refractivity contribution in [2.45, 2.75) is 36.2 Å².